The zero-order valence-electron chi connectivity index (χ0n) is 11.3. The predicted octanol–water partition coefficient (Wildman–Crippen LogP) is 3.26. The zero-order valence-corrected chi connectivity index (χ0v) is 12.9. The fourth-order valence-electron chi connectivity index (χ4n) is 1.94. The Bertz CT molecular complexity index is 519. The molecule has 2 aromatic rings. The molecular formula is C14H18BrN3O. The van der Waals surface area contributed by atoms with Gasteiger partial charge in [0.25, 0.3) is 0 Å². The topological polar surface area (TPSA) is 39.9 Å². The number of hydrogen-bond donors (Lipinski definition) is 0. The number of rotatable bonds is 6. The van der Waals surface area contributed by atoms with Gasteiger partial charge >= 0.3 is 0 Å². The van der Waals surface area contributed by atoms with Crippen LogP contribution in [0.15, 0.2) is 24.4 Å². The molecule has 2 rings (SSSR count). The zero-order chi connectivity index (χ0) is 13.7. The monoisotopic (exact) mass is 323 g/mol. The van der Waals surface area contributed by atoms with Gasteiger partial charge in [0, 0.05) is 24.5 Å². The van der Waals surface area contributed by atoms with E-state index in [2.05, 4.69) is 58.3 Å². The van der Waals surface area contributed by atoms with Crippen molar-refractivity contribution in [2.75, 3.05) is 6.61 Å². The van der Waals surface area contributed by atoms with Crippen molar-refractivity contribution in [3.05, 3.63) is 41.2 Å². The molecule has 0 amide bonds. The third kappa shape index (κ3) is 4.35. The highest BCUT2D eigenvalue weighted by atomic mass is 79.9. The van der Waals surface area contributed by atoms with E-state index in [1.54, 1.807) is 0 Å². The summed E-state index contributed by atoms with van der Waals surface area (Å²) in [5.41, 5.74) is 3.41. The maximum atomic E-state index is 5.75. The van der Waals surface area contributed by atoms with E-state index in [0.717, 1.165) is 29.7 Å². The van der Waals surface area contributed by atoms with Crippen molar-refractivity contribution < 1.29 is 4.74 Å². The molecule has 5 heteroatoms. The average molecular weight is 324 g/mol. The van der Waals surface area contributed by atoms with E-state index >= 15 is 0 Å². The van der Waals surface area contributed by atoms with E-state index in [9.17, 15) is 0 Å². The molecule has 0 fully saturated rings. The Morgan fingerprint density at radius 1 is 1.21 bits per heavy atom. The molecule has 0 aliphatic heterocycles. The normalized spacial score (nSPS) is 10.7. The number of alkyl halides is 1. The second kappa shape index (κ2) is 6.70. The molecule has 0 N–H and O–H groups in total. The molecular weight excluding hydrogens is 306 g/mol. The Kier molecular flexibility index (Phi) is 4.96. The van der Waals surface area contributed by atoms with Gasteiger partial charge < -0.3 is 4.74 Å². The Morgan fingerprint density at radius 3 is 2.58 bits per heavy atom. The van der Waals surface area contributed by atoms with Gasteiger partial charge in [-0.3, -0.25) is 4.68 Å². The molecule has 0 spiro atoms. The van der Waals surface area contributed by atoms with Crippen molar-refractivity contribution in [3.8, 4) is 5.75 Å². The average Bonchev–Trinajstić information content (AvgIpc) is 2.81. The van der Waals surface area contributed by atoms with Crippen molar-refractivity contribution in [1.29, 1.82) is 0 Å². The highest BCUT2D eigenvalue weighted by Crippen LogP contribution is 2.16. The van der Waals surface area contributed by atoms with E-state index < -0.39 is 0 Å². The SMILES string of the molecule is Cc1cc(C)cc(OCCCn2cc(CBr)nn2)c1. The van der Waals surface area contributed by atoms with Gasteiger partial charge in [-0.05, 0) is 37.1 Å². The van der Waals surface area contributed by atoms with Crippen LogP contribution in [0.4, 0.5) is 0 Å². The van der Waals surface area contributed by atoms with E-state index in [0.29, 0.717) is 6.61 Å². The molecule has 0 radical (unpaired) electrons. The summed E-state index contributed by atoms with van der Waals surface area (Å²) in [6.45, 7) is 5.67. The lowest BCUT2D eigenvalue weighted by Crippen LogP contribution is -2.05. The summed E-state index contributed by atoms with van der Waals surface area (Å²) in [7, 11) is 0. The van der Waals surface area contributed by atoms with E-state index in [-0.39, 0.29) is 0 Å². The second-order valence-corrected chi connectivity index (χ2v) is 5.19. The van der Waals surface area contributed by atoms with Gasteiger partial charge in [0.1, 0.15) is 5.75 Å². The summed E-state index contributed by atoms with van der Waals surface area (Å²) in [5.74, 6) is 0.942. The molecule has 1 heterocycles. The quantitative estimate of drug-likeness (QED) is 0.605. The smallest absolute Gasteiger partial charge is 0.119 e. The molecule has 0 saturated carbocycles. The second-order valence-electron chi connectivity index (χ2n) is 4.63. The van der Waals surface area contributed by atoms with Gasteiger partial charge in [-0.1, -0.05) is 27.2 Å². The molecule has 19 heavy (non-hydrogen) atoms. The number of hydrogen-bond acceptors (Lipinski definition) is 3. The van der Waals surface area contributed by atoms with Crippen LogP contribution in [0.5, 0.6) is 5.75 Å². The summed E-state index contributed by atoms with van der Waals surface area (Å²) >= 11 is 3.36. The van der Waals surface area contributed by atoms with Crippen molar-refractivity contribution in [2.45, 2.75) is 32.1 Å². The first-order valence-corrected chi connectivity index (χ1v) is 7.45. The highest BCUT2D eigenvalue weighted by Gasteiger charge is 2.00. The fourth-order valence-corrected chi connectivity index (χ4v) is 2.20. The Morgan fingerprint density at radius 2 is 1.95 bits per heavy atom. The van der Waals surface area contributed by atoms with Crippen LogP contribution in [-0.2, 0) is 11.9 Å². The minimum absolute atomic E-state index is 0.687. The van der Waals surface area contributed by atoms with Crippen LogP contribution in [0.25, 0.3) is 0 Å². The number of aromatic nitrogens is 3. The highest BCUT2D eigenvalue weighted by molar-refractivity contribution is 9.08. The fraction of sp³-hybridized carbons (Fsp3) is 0.429. The first-order chi connectivity index (χ1) is 9.17. The predicted molar refractivity (Wildman–Crippen MR) is 78.7 cm³/mol. The van der Waals surface area contributed by atoms with Gasteiger partial charge in [-0.15, -0.1) is 5.10 Å². The first-order valence-electron chi connectivity index (χ1n) is 6.33. The van der Waals surface area contributed by atoms with Gasteiger partial charge in [-0.25, -0.2) is 0 Å². The number of benzene rings is 1. The van der Waals surface area contributed by atoms with Crippen molar-refractivity contribution in [3.63, 3.8) is 0 Å². The maximum absolute atomic E-state index is 5.75. The van der Waals surface area contributed by atoms with Gasteiger partial charge in [0.05, 0.1) is 12.3 Å². The van der Waals surface area contributed by atoms with Crippen LogP contribution < -0.4 is 4.74 Å². The van der Waals surface area contributed by atoms with Crippen molar-refractivity contribution >= 4 is 15.9 Å². The third-order valence-electron chi connectivity index (χ3n) is 2.72. The number of aryl methyl sites for hydroxylation is 3. The molecule has 0 saturated heterocycles. The molecule has 0 aliphatic rings. The van der Waals surface area contributed by atoms with Crippen LogP contribution in [0.2, 0.25) is 0 Å². The number of ether oxygens (including phenoxy) is 1. The van der Waals surface area contributed by atoms with Crippen LogP contribution in [-0.4, -0.2) is 21.6 Å². The molecule has 0 aliphatic carbocycles. The van der Waals surface area contributed by atoms with Crippen LogP contribution in [0, 0.1) is 13.8 Å². The molecule has 0 atom stereocenters. The lowest BCUT2D eigenvalue weighted by molar-refractivity contribution is 0.297. The summed E-state index contributed by atoms with van der Waals surface area (Å²) in [5, 5.41) is 8.80. The standard InChI is InChI=1S/C14H18BrN3O/c1-11-6-12(2)8-14(7-11)19-5-3-4-18-10-13(9-15)16-17-18/h6-8,10H,3-5,9H2,1-2H3. The molecule has 1 aromatic heterocycles. The Hall–Kier alpha value is -1.36. The van der Waals surface area contributed by atoms with Gasteiger partial charge in [0.15, 0.2) is 0 Å². The number of nitrogens with zero attached hydrogens (tertiary/aromatic N) is 3. The lowest BCUT2D eigenvalue weighted by Gasteiger charge is -2.08. The summed E-state index contributed by atoms with van der Waals surface area (Å²) in [4.78, 5) is 0. The minimum atomic E-state index is 0.687. The Balaban J connectivity index is 1.77. The molecule has 4 nitrogen and oxygen atoms in total. The van der Waals surface area contributed by atoms with E-state index in [1.807, 2.05) is 10.9 Å². The Labute approximate surface area is 121 Å². The molecule has 102 valence electrons. The van der Waals surface area contributed by atoms with Crippen LogP contribution >= 0.6 is 15.9 Å². The first kappa shape index (κ1) is 14.1. The van der Waals surface area contributed by atoms with E-state index in [1.165, 1.54) is 11.1 Å². The van der Waals surface area contributed by atoms with Crippen LogP contribution in [0.3, 0.4) is 0 Å². The third-order valence-corrected chi connectivity index (χ3v) is 3.29. The van der Waals surface area contributed by atoms with Crippen molar-refractivity contribution in [1.82, 2.24) is 15.0 Å². The van der Waals surface area contributed by atoms with Crippen LogP contribution in [0.1, 0.15) is 23.2 Å². The van der Waals surface area contributed by atoms with E-state index in [4.69, 9.17) is 4.74 Å². The molecule has 0 bridgehead atoms. The van der Waals surface area contributed by atoms with Crippen molar-refractivity contribution in [2.24, 2.45) is 0 Å². The summed E-state index contributed by atoms with van der Waals surface area (Å²) in [6, 6.07) is 6.26. The minimum Gasteiger partial charge on any atom is -0.494 e. The molecule has 1 aromatic carbocycles. The summed E-state index contributed by atoms with van der Waals surface area (Å²) in [6.07, 6.45) is 2.86. The number of halogens is 1. The largest absolute Gasteiger partial charge is 0.494 e. The summed E-state index contributed by atoms with van der Waals surface area (Å²) < 4.78 is 7.60. The maximum Gasteiger partial charge on any atom is 0.119 e. The van der Waals surface area contributed by atoms with Gasteiger partial charge in [0.2, 0.25) is 0 Å². The lowest BCUT2D eigenvalue weighted by atomic mass is 10.1. The molecule has 0 unspecified atom stereocenters. The van der Waals surface area contributed by atoms with Gasteiger partial charge in [-0.2, -0.15) is 0 Å².